The number of aryl methyl sites for hydroxylation is 1. The van der Waals surface area contributed by atoms with Gasteiger partial charge in [-0.1, -0.05) is 17.4 Å². The Morgan fingerprint density at radius 1 is 1.43 bits per heavy atom. The normalized spacial score (nSPS) is 14.3. The molecule has 0 radical (unpaired) electrons. The van der Waals surface area contributed by atoms with Gasteiger partial charge < -0.3 is 9.47 Å². The number of aromatic nitrogens is 1. The SMILES string of the molecule is Cc1csc(=O)n1CCC(=O)N(Cc1cccs1)C1CC1. The molecule has 0 aliphatic heterocycles. The van der Waals surface area contributed by atoms with E-state index in [4.69, 9.17) is 0 Å². The molecular weight excluding hydrogens is 304 g/mol. The lowest BCUT2D eigenvalue weighted by Gasteiger charge is -2.22. The van der Waals surface area contributed by atoms with Gasteiger partial charge in [0.05, 0.1) is 6.54 Å². The van der Waals surface area contributed by atoms with Crippen LogP contribution >= 0.6 is 22.7 Å². The van der Waals surface area contributed by atoms with E-state index in [2.05, 4.69) is 6.07 Å². The van der Waals surface area contributed by atoms with Crippen LogP contribution in [0.2, 0.25) is 0 Å². The molecule has 0 unspecified atom stereocenters. The van der Waals surface area contributed by atoms with E-state index in [-0.39, 0.29) is 10.8 Å². The first kappa shape index (κ1) is 14.5. The lowest BCUT2D eigenvalue weighted by atomic mass is 10.3. The zero-order chi connectivity index (χ0) is 14.8. The van der Waals surface area contributed by atoms with E-state index in [1.165, 1.54) is 16.2 Å². The molecular formula is C15H18N2O2S2. The molecule has 0 saturated heterocycles. The van der Waals surface area contributed by atoms with Crippen LogP contribution in [-0.2, 0) is 17.9 Å². The Kier molecular flexibility index (Phi) is 4.26. The lowest BCUT2D eigenvalue weighted by molar-refractivity contribution is -0.132. The number of nitrogens with zero attached hydrogens (tertiary/aromatic N) is 2. The van der Waals surface area contributed by atoms with Gasteiger partial charge in [0.1, 0.15) is 0 Å². The fourth-order valence-corrected chi connectivity index (χ4v) is 3.87. The van der Waals surface area contributed by atoms with E-state index < -0.39 is 0 Å². The molecule has 1 amide bonds. The lowest BCUT2D eigenvalue weighted by Crippen LogP contribution is -2.33. The van der Waals surface area contributed by atoms with E-state index >= 15 is 0 Å². The summed E-state index contributed by atoms with van der Waals surface area (Å²) < 4.78 is 1.69. The third kappa shape index (κ3) is 3.44. The first-order valence-corrected chi connectivity index (χ1v) is 8.88. The summed E-state index contributed by atoms with van der Waals surface area (Å²) in [4.78, 5) is 27.4. The Bertz CT molecular complexity index is 668. The summed E-state index contributed by atoms with van der Waals surface area (Å²) in [6, 6.07) is 4.49. The highest BCUT2D eigenvalue weighted by molar-refractivity contribution is 7.09. The van der Waals surface area contributed by atoms with Gasteiger partial charge in [0.15, 0.2) is 0 Å². The molecule has 4 nitrogen and oxygen atoms in total. The molecule has 0 spiro atoms. The maximum atomic E-state index is 12.5. The van der Waals surface area contributed by atoms with Gasteiger partial charge in [-0.05, 0) is 31.2 Å². The van der Waals surface area contributed by atoms with Crippen LogP contribution in [0, 0.1) is 6.92 Å². The van der Waals surface area contributed by atoms with Crippen LogP contribution in [0.3, 0.4) is 0 Å². The number of amides is 1. The van der Waals surface area contributed by atoms with Crippen molar-refractivity contribution in [2.45, 2.75) is 45.3 Å². The van der Waals surface area contributed by atoms with E-state index in [9.17, 15) is 9.59 Å². The van der Waals surface area contributed by atoms with Crippen LogP contribution in [0.1, 0.15) is 29.8 Å². The largest absolute Gasteiger partial charge is 0.335 e. The highest BCUT2D eigenvalue weighted by Gasteiger charge is 2.32. The molecule has 2 heterocycles. The van der Waals surface area contributed by atoms with Crippen molar-refractivity contribution in [2.24, 2.45) is 0 Å². The minimum atomic E-state index is 0.0246. The highest BCUT2D eigenvalue weighted by Crippen LogP contribution is 2.29. The average molecular weight is 322 g/mol. The molecule has 3 rings (SSSR count). The molecule has 2 aromatic heterocycles. The van der Waals surface area contributed by atoms with Crippen LogP contribution in [0.25, 0.3) is 0 Å². The van der Waals surface area contributed by atoms with E-state index in [0.29, 0.717) is 25.6 Å². The van der Waals surface area contributed by atoms with Crippen molar-refractivity contribution < 1.29 is 4.79 Å². The quantitative estimate of drug-likeness (QED) is 0.821. The molecule has 0 aromatic carbocycles. The molecule has 0 N–H and O–H groups in total. The number of rotatable bonds is 6. The predicted octanol–water partition coefficient (Wildman–Crippen LogP) is 2.86. The second kappa shape index (κ2) is 6.15. The first-order chi connectivity index (χ1) is 10.1. The van der Waals surface area contributed by atoms with Gasteiger partial charge in [-0.25, -0.2) is 0 Å². The Balaban J connectivity index is 1.63. The van der Waals surface area contributed by atoms with E-state index in [1.807, 2.05) is 28.7 Å². The van der Waals surface area contributed by atoms with Crippen LogP contribution < -0.4 is 4.87 Å². The number of hydrogen-bond donors (Lipinski definition) is 0. The number of thiophene rings is 1. The smallest absolute Gasteiger partial charge is 0.307 e. The summed E-state index contributed by atoms with van der Waals surface area (Å²) in [5.74, 6) is 0.156. The molecule has 1 saturated carbocycles. The van der Waals surface area contributed by atoms with Crippen LogP contribution in [0.4, 0.5) is 0 Å². The summed E-state index contributed by atoms with van der Waals surface area (Å²) in [6.07, 6.45) is 2.61. The van der Waals surface area contributed by atoms with Gasteiger partial charge >= 0.3 is 4.87 Å². The van der Waals surface area contributed by atoms with Crippen molar-refractivity contribution in [3.8, 4) is 0 Å². The minimum absolute atomic E-state index is 0.0246. The Morgan fingerprint density at radius 2 is 2.24 bits per heavy atom. The average Bonchev–Trinajstić information content (AvgIpc) is 3.08. The molecule has 1 aliphatic rings. The first-order valence-electron chi connectivity index (χ1n) is 7.12. The fourth-order valence-electron chi connectivity index (χ4n) is 2.40. The maximum Gasteiger partial charge on any atom is 0.307 e. The number of hydrogen-bond acceptors (Lipinski definition) is 4. The monoisotopic (exact) mass is 322 g/mol. The zero-order valence-electron chi connectivity index (χ0n) is 11.9. The Hall–Kier alpha value is -1.40. The minimum Gasteiger partial charge on any atom is -0.335 e. The standard InChI is InChI=1S/C15H18N2O2S2/c1-11-10-21-15(19)16(11)7-6-14(18)17(12-4-5-12)9-13-3-2-8-20-13/h2-3,8,10,12H,4-7,9H2,1H3. The molecule has 1 fully saturated rings. The van der Waals surface area contributed by atoms with E-state index in [1.54, 1.807) is 15.9 Å². The number of carbonyl (C=O) groups excluding carboxylic acids is 1. The highest BCUT2D eigenvalue weighted by atomic mass is 32.1. The van der Waals surface area contributed by atoms with Crippen molar-refractivity contribution in [2.75, 3.05) is 0 Å². The third-order valence-electron chi connectivity index (χ3n) is 3.74. The van der Waals surface area contributed by atoms with Crippen LogP contribution in [0.15, 0.2) is 27.7 Å². The summed E-state index contributed by atoms with van der Waals surface area (Å²) in [5, 5.41) is 3.89. The maximum absolute atomic E-state index is 12.5. The number of carbonyl (C=O) groups is 1. The second-order valence-corrected chi connectivity index (χ2v) is 7.23. The van der Waals surface area contributed by atoms with Gasteiger partial charge in [-0.3, -0.25) is 9.59 Å². The molecule has 112 valence electrons. The molecule has 2 aromatic rings. The van der Waals surface area contributed by atoms with Crippen molar-refractivity contribution in [1.82, 2.24) is 9.47 Å². The fraction of sp³-hybridized carbons (Fsp3) is 0.467. The predicted molar refractivity (Wildman–Crippen MR) is 85.8 cm³/mol. The summed E-state index contributed by atoms with van der Waals surface area (Å²) in [7, 11) is 0. The van der Waals surface area contributed by atoms with Crippen molar-refractivity contribution in [1.29, 1.82) is 0 Å². The van der Waals surface area contributed by atoms with Gasteiger partial charge in [0, 0.05) is 35.0 Å². The summed E-state index contributed by atoms with van der Waals surface area (Å²) in [6.45, 7) is 3.10. The van der Waals surface area contributed by atoms with Crippen molar-refractivity contribution >= 4 is 28.6 Å². The van der Waals surface area contributed by atoms with Gasteiger partial charge in [0.2, 0.25) is 5.91 Å². The third-order valence-corrected chi connectivity index (χ3v) is 5.48. The van der Waals surface area contributed by atoms with Crippen molar-refractivity contribution in [3.05, 3.63) is 43.1 Å². The van der Waals surface area contributed by atoms with Gasteiger partial charge in [-0.2, -0.15) is 0 Å². The van der Waals surface area contributed by atoms with Gasteiger partial charge in [-0.15, -0.1) is 11.3 Å². The van der Waals surface area contributed by atoms with Gasteiger partial charge in [0.25, 0.3) is 0 Å². The molecule has 0 atom stereocenters. The Morgan fingerprint density at radius 3 is 2.81 bits per heavy atom. The molecule has 0 bridgehead atoms. The molecule has 6 heteroatoms. The zero-order valence-corrected chi connectivity index (χ0v) is 13.6. The summed E-state index contributed by atoms with van der Waals surface area (Å²) >= 11 is 2.88. The van der Waals surface area contributed by atoms with Crippen molar-refractivity contribution in [3.63, 3.8) is 0 Å². The molecule has 1 aliphatic carbocycles. The number of thiazole rings is 1. The van der Waals surface area contributed by atoms with Crippen LogP contribution in [0.5, 0.6) is 0 Å². The Labute approximate surface area is 131 Å². The summed E-state index contributed by atoms with van der Waals surface area (Å²) in [5.41, 5.74) is 0.939. The molecule has 21 heavy (non-hydrogen) atoms. The van der Waals surface area contributed by atoms with E-state index in [0.717, 1.165) is 18.5 Å². The topological polar surface area (TPSA) is 42.3 Å². The second-order valence-electron chi connectivity index (χ2n) is 5.38. The van der Waals surface area contributed by atoms with Crippen LogP contribution in [-0.4, -0.2) is 21.4 Å².